The first-order valence-corrected chi connectivity index (χ1v) is 11.9. The molecule has 0 unspecified atom stereocenters. The van der Waals surface area contributed by atoms with Crippen LogP contribution in [0.25, 0.3) is 17.4 Å². The van der Waals surface area contributed by atoms with E-state index in [-0.39, 0.29) is 16.9 Å². The van der Waals surface area contributed by atoms with Crippen molar-refractivity contribution >= 4 is 58.2 Å². The SMILES string of the molecule is CC(=O)N1CCN(c2ccc(NC(=S)NC(=O)C=Cc3ccc(-c4ccc(Cl)cc4)o3)cc2)CC1. The maximum absolute atomic E-state index is 12.2. The summed E-state index contributed by atoms with van der Waals surface area (Å²) in [6, 6.07) is 18.7. The quantitative estimate of drug-likeness (QED) is 0.381. The Morgan fingerprint density at radius 2 is 1.66 bits per heavy atom. The zero-order chi connectivity index (χ0) is 24.8. The van der Waals surface area contributed by atoms with Gasteiger partial charge in [-0.3, -0.25) is 14.9 Å². The van der Waals surface area contributed by atoms with Crippen LogP contribution in [0.3, 0.4) is 0 Å². The summed E-state index contributed by atoms with van der Waals surface area (Å²) >= 11 is 11.2. The van der Waals surface area contributed by atoms with Gasteiger partial charge in [-0.15, -0.1) is 0 Å². The Hall–Kier alpha value is -3.62. The molecule has 0 spiro atoms. The third-order valence-electron chi connectivity index (χ3n) is 5.61. The Morgan fingerprint density at radius 1 is 0.971 bits per heavy atom. The van der Waals surface area contributed by atoms with E-state index in [1.165, 1.54) is 6.08 Å². The summed E-state index contributed by atoms with van der Waals surface area (Å²) in [5.74, 6) is 0.972. The van der Waals surface area contributed by atoms with Crippen LogP contribution in [-0.4, -0.2) is 48.0 Å². The second-order valence-electron chi connectivity index (χ2n) is 8.03. The Bertz CT molecular complexity index is 1230. The number of carbonyl (C=O) groups is 2. The number of anilines is 2. The number of hydrogen-bond donors (Lipinski definition) is 2. The van der Waals surface area contributed by atoms with E-state index in [9.17, 15) is 9.59 Å². The number of halogens is 1. The molecule has 0 bridgehead atoms. The highest BCUT2D eigenvalue weighted by Crippen LogP contribution is 2.24. The minimum Gasteiger partial charge on any atom is -0.457 e. The molecule has 180 valence electrons. The van der Waals surface area contributed by atoms with Gasteiger partial charge < -0.3 is 19.5 Å². The summed E-state index contributed by atoms with van der Waals surface area (Å²) in [5.41, 5.74) is 2.74. The van der Waals surface area contributed by atoms with Crippen molar-refractivity contribution in [2.75, 3.05) is 36.4 Å². The predicted molar refractivity (Wildman–Crippen MR) is 143 cm³/mol. The fourth-order valence-electron chi connectivity index (χ4n) is 3.72. The van der Waals surface area contributed by atoms with Crippen molar-refractivity contribution < 1.29 is 14.0 Å². The molecule has 1 aliphatic heterocycles. The number of furan rings is 1. The van der Waals surface area contributed by atoms with Gasteiger partial charge in [0.2, 0.25) is 11.8 Å². The van der Waals surface area contributed by atoms with Gasteiger partial charge in [0.1, 0.15) is 11.5 Å². The number of piperazine rings is 1. The summed E-state index contributed by atoms with van der Waals surface area (Å²) in [6.45, 7) is 4.64. The number of amides is 2. The van der Waals surface area contributed by atoms with E-state index in [0.717, 1.165) is 43.1 Å². The smallest absolute Gasteiger partial charge is 0.250 e. The number of hydrogen-bond acceptors (Lipinski definition) is 5. The van der Waals surface area contributed by atoms with Crippen LogP contribution >= 0.6 is 23.8 Å². The van der Waals surface area contributed by atoms with E-state index in [1.54, 1.807) is 31.2 Å². The van der Waals surface area contributed by atoms with Gasteiger partial charge in [-0.25, -0.2) is 0 Å². The van der Waals surface area contributed by atoms with Crippen molar-refractivity contribution in [3.05, 3.63) is 77.5 Å². The molecule has 0 radical (unpaired) electrons. The third kappa shape index (κ3) is 6.71. The minimum absolute atomic E-state index is 0.112. The first-order valence-electron chi connectivity index (χ1n) is 11.1. The molecule has 4 rings (SSSR count). The van der Waals surface area contributed by atoms with Gasteiger partial charge in [-0.1, -0.05) is 11.6 Å². The first kappa shape index (κ1) is 24.5. The van der Waals surface area contributed by atoms with Crippen molar-refractivity contribution in [2.45, 2.75) is 6.92 Å². The van der Waals surface area contributed by atoms with Gasteiger partial charge in [-0.05, 0) is 79.0 Å². The Labute approximate surface area is 214 Å². The van der Waals surface area contributed by atoms with E-state index in [4.69, 9.17) is 28.2 Å². The van der Waals surface area contributed by atoms with Gasteiger partial charge in [0.05, 0.1) is 0 Å². The standard InChI is InChI=1S/C26H25ClN4O3S/c1-18(32)30-14-16-31(17-15-30)22-8-6-21(7-9-22)28-26(35)29-25(33)13-11-23-10-12-24(34-23)19-2-4-20(27)5-3-19/h2-13H,14-17H2,1H3,(H2,28,29,33,35). The third-order valence-corrected chi connectivity index (χ3v) is 6.06. The van der Waals surface area contributed by atoms with Crippen LogP contribution in [0, 0.1) is 0 Å². The topological polar surface area (TPSA) is 77.8 Å². The van der Waals surface area contributed by atoms with Crippen molar-refractivity contribution in [1.82, 2.24) is 10.2 Å². The normalized spacial score (nSPS) is 13.7. The zero-order valence-electron chi connectivity index (χ0n) is 19.2. The van der Waals surface area contributed by atoms with Crippen molar-refractivity contribution in [2.24, 2.45) is 0 Å². The molecule has 7 nitrogen and oxygen atoms in total. The Balaban J connectivity index is 1.25. The van der Waals surface area contributed by atoms with Crippen molar-refractivity contribution in [3.8, 4) is 11.3 Å². The van der Waals surface area contributed by atoms with Crippen LogP contribution in [0.1, 0.15) is 12.7 Å². The highest BCUT2D eigenvalue weighted by Gasteiger charge is 2.18. The second kappa shape index (κ2) is 11.2. The molecule has 2 heterocycles. The summed E-state index contributed by atoms with van der Waals surface area (Å²) in [5, 5.41) is 6.49. The number of thiocarbonyl (C=S) groups is 1. The first-order chi connectivity index (χ1) is 16.9. The minimum atomic E-state index is -0.369. The second-order valence-corrected chi connectivity index (χ2v) is 8.87. The molecule has 1 aromatic heterocycles. The van der Waals surface area contributed by atoms with Crippen LogP contribution in [0.4, 0.5) is 11.4 Å². The van der Waals surface area contributed by atoms with Crippen LogP contribution < -0.4 is 15.5 Å². The zero-order valence-corrected chi connectivity index (χ0v) is 20.7. The number of nitrogens with one attached hydrogen (secondary N) is 2. The predicted octanol–water partition coefficient (Wildman–Crippen LogP) is 4.79. The monoisotopic (exact) mass is 508 g/mol. The molecule has 9 heteroatoms. The van der Waals surface area contributed by atoms with Crippen LogP contribution in [0.2, 0.25) is 5.02 Å². The molecule has 3 aromatic rings. The van der Waals surface area contributed by atoms with Gasteiger partial charge in [0, 0.05) is 61.1 Å². The summed E-state index contributed by atoms with van der Waals surface area (Å²) in [7, 11) is 0. The van der Waals surface area contributed by atoms with Crippen LogP contribution in [0.5, 0.6) is 0 Å². The van der Waals surface area contributed by atoms with E-state index < -0.39 is 0 Å². The van der Waals surface area contributed by atoms with Gasteiger partial charge in [0.25, 0.3) is 0 Å². The Morgan fingerprint density at radius 3 is 2.31 bits per heavy atom. The molecular weight excluding hydrogens is 484 g/mol. The van der Waals surface area contributed by atoms with E-state index in [2.05, 4.69) is 15.5 Å². The molecule has 1 aliphatic rings. The van der Waals surface area contributed by atoms with Crippen LogP contribution in [0.15, 0.2) is 71.2 Å². The van der Waals surface area contributed by atoms with Crippen molar-refractivity contribution in [1.29, 1.82) is 0 Å². The molecular formula is C26H25ClN4O3S. The molecule has 35 heavy (non-hydrogen) atoms. The number of nitrogens with zero attached hydrogens (tertiary/aromatic N) is 2. The average molecular weight is 509 g/mol. The largest absolute Gasteiger partial charge is 0.457 e. The van der Waals surface area contributed by atoms with Gasteiger partial charge >= 0.3 is 0 Å². The highest BCUT2D eigenvalue weighted by atomic mass is 35.5. The molecule has 0 aliphatic carbocycles. The lowest BCUT2D eigenvalue weighted by atomic mass is 10.2. The number of rotatable bonds is 5. The fraction of sp³-hybridized carbons (Fsp3) is 0.192. The molecule has 0 saturated carbocycles. The molecule has 0 atom stereocenters. The summed E-state index contributed by atoms with van der Waals surface area (Å²) in [6.07, 6.45) is 2.94. The maximum Gasteiger partial charge on any atom is 0.250 e. The lowest BCUT2D eigenvalue weighted by Crippen LogP contribution is -2.48. The molecule has 1 saturated heterocycles. The fourth-order valence-corrected chi connectivity index (χ4v) is 4.06. The van der Waals surface area contributed by atoms with E-state index >= 15 is 0 Å². The molecule has 2 N–H and O–H groups in total. The van der Waals surface area contributed by atoms with Gasteiger partial charge in [0.15, 0.2) is 5.11 Å². The lowest BCUT2D eigenvalue weighted by molar-refractivity contribution is -0.129. The molecule has 2 amide bonds. The number of carbonyl (C=O) groups excluding carboxylic acids is 2. The van der Waals surface area contributed by atoms with Crippen molar-refractivity contribution in [3.63, 3.8) is 0 Å². The Kier molecular flexibility index (Phi) is 7.84. The average Bonchev–Trinajstić information content (AvgIpc) is 3.33. The molecule has 1 fully saturated rings. The van der Waals surface area contributed by atoms with Gasteiger partial charge in [-0.2, -0.15) is 0 Å². The number of benzene rings is 2. The highest BCUT2D eigenvalue weighted by molar-refractivity contribution is 7.80. The van der Waals surface area contributed by atoms with E-state index in [1.807, 2.05) is 47.4 Å². The van der Waals surface area contributed by atoms with E-state index in [0.29, 0.717) is 16.5 Å². The lowest BCUT2D eigenvalue weighted by Gasteiger charge is -2.35. The molecule has 2 aromatic carbocycles. The summed E-state index contributed by atoms with van der Waals surface area (Å²) in [4.78, 5) is 27.8. The summed E-state index contributed by atoms with van der Waals surface area (Å²) < 4.78 is 5.76. The maximum atomic E-state index is 12.2. The van der Waals surface area contributed by atoms with Crippen LogP contribution in [-0.2, 0) is 9.59 Å².